The molecule has 9 atom stereocenters. The van der Waals surface area contributed by atoms with E-state index < -0.39 is 47.7 Å². The molecule has 0 spiro atoms. The number of likely N-dealkylation sites (tertiary alicyclic amines) is 2. The van der Waals surface area contributed by atoms with Gasteiger partial charge in [-0.25, -0.2) is 13.6 Å². The molecule has 7 fully saturated rings. The minimum Gasteiger partial charge on any atom is -0.444 e. The topological polar surface area (TPSA) is 104 Å². The highest BCUT2D eigenvalue weighted by molar-refractivity contribution is 6.52. The van der Waals surface area contributed by atoms with Crippen LogP contribution in [0.2, 0.25) is 0 Å². The van der Waals surface area contributed by atoms with E-state index in [2.05, 4.69) is 44.3 Å². The zero-order valence-corrected chi connectivity index (χ0v) is 30.4. The third-order valence-electron chi connectivity index (χ3n) is 13.7. The highest BCUT2D eigenvalue weighted by atomic mass is 19.3. The number of piperidine rings is 1. The number of nitrogens with zero attached hydrogens (tertiary/aromatic N) is 3. The van der Waals surface area contributed by atoms with Crippen LogP contribution in [0.5, 0.6) is 0 Å². The molecule has 2 bridgehead atoms. The van der Waals surface area contributed by atoms with Crippen molar-refractivity contribution in [2.45, 2.75) is 127 Å². The minimum absolute atomic E-state index is 0.00589. The molecule has 3 heterocycles. The van der Waals surface area contributed by atoms with Crippen molar-refractivity contribution in [2.75, 3.05) is 26.2 Å². The fourth-order valence-corrected chi connectivity index (χ4v) is 10.4. The molecule has 0 aromatic heterocycles. The number of hydrogen-bond acceptors (Lipinski definition) is 7. The van der Waals surface area contributed by atoms with Crippen molar-refractivity contribution in [3.05, 3.63) is 35.9 Å². The van der Waals surface area contributed by atoms with Crippen LogP contribution in [-0.4, -0.2) is 89.8 Å². The molecular weight excluding hydrogens is 641 g/mol. The zero-order chi connectivity index (χ0) is 35.9. The van der Waals surface area contributed by atoms with Crippen molar-refractivity contribution >= 4 is 19.1 Å². The van der Waals surface area contributed by atoms with Gasteiger partial charge in [0.15, 0.2) is 0 Å². The van der Waals surface area contributed by atoms with Crippen LogP contribution in [-0.2, 0) is 18.8 Å². The molecule has 1 aromatic rings. The quantitative estimate of drug-likeness (QED) is 0.308. The van der Waals surface area contributed by atoms with E-state index in [1.54, 1.807) is 9.80 Å². The number of nitrogens with one attached hydrogen (secondary N) is 1. The van der Waals surface area contributed by atoms with E-state index in [0.717, 1.165) is 18.4 Å². The van der Waals surface area contributed by atoms with Gasteiger partial charge in [-0.3, -0.25) is 9.69 Å². The van der Waals surface area contributed by atoms with E-state index in [-0.39, 0.29) is 55.3 Å². The van der Waals surface area contributed by atoms with Crippen molar-refractivity contribution in [2.24, 2.45) is 29.1 Å². The lowest BCUT2D eigenvalue weighted by molar-refractivity contribution is -0.199. The van der Waals surface area contributed by atoms with Crippen molar-refractivity contribution < 1.29 is 32.4 Å². The molecule has 2 unspecified atom stereocenters. The number of carbonyl (C=O) groups is 2. The maximum atomic E-state index is 14.0. The number of carbonyl (C=O) groups excluding carboxylic acids is 2. The third kappa shape index (κ3) is 6.13. The largest absolute Gasteiger partial charge is 0.485 e. The van der Waals surface area contributed by atoms with Gasteiger partial charge in [-0.1, -0.05) is 51.1 Å². The Morgan fingerprint density at radius 3 is 2.58 bits per heavy atom. The highest BCUT2D eigenvalue weighted by Gasteiger charge is 2.75. The van der Waals surface area contributed by atoms with Crippen molar-refractivity contribution in [1.82, 2.24) is 15.1 Å². The summed E-state index contributed by atoms with van der Waals surface area (Å²) >= 11 is 0. The summed E-state index contributed by atoms with van der Waals surface area (Å²) in [6.45, 7) is 13.1. The van der Waals surface area contributed by atoms with Gasteiger partial charge in [-0.2, -0.15) is 5.26 Å². The molecule has 4 saturated carbocycles. The van der Waals surface area contributed by atoms with Crippen molar-refractivity contribution in [1.29, 1.82) is 5.26 Å². The Morgan fingerprint density at radius 1 is 1.18 bits per heavy atom. The first-order valence-electron chi connectivity index (χ1n) is 18.7. The van der Waals surface area contributed by atoms with Gasteiger partial charge in [-0.05, 0) is 88.0 Å². The Balaban J connectivity index is 0.996. The van der Waals surface area contributed by atoms with Crippen molar-refractivity contribution in [3.8, 4) is 6.07 Å². The van der Waals surface area contributed by atoms with Crippen LogP contribution in [0.25, 0.3) is 0 Å². The Hall–Kier alpha value is -2.75. The van der Waals surface area contributed by atoms with Gasteiger partial charge in [0.2, 0.25) is 5.91 Å². The summed E-state index contributed by atoms with van der Waals surface area (Å²) in [5, 5.41) is 13.3. The first-order chi connectivity index (χ1) is 23.5. The fraction of sp³-hybridized carbons (Fsp3) is 0.763. The van der Waals surface area contributed by atoms with Gasteiger partial charge in [0.05, 0.1) is 36.3 Å². The molecule has 3 saturated heterocycles. The maximum Gasteiger partial charge on any atom is 0.485 e. The Labute approximate surface area is 295 Å². The second-order valence-corrected chi connectivity index (χ2v) is 17.7. The van der Waals surface area contributed by atoms with Gasteiger partial charge in [0.1, 0.15) is 12.0 Å². The Bertz CT molecular complexity index is 1520. The normalized spacial score (nSPS) is 36.8. The molecule has 12 heteroatoms. The summed E-state index contributed by atoms with van der Waals surface area (Å²) in [4.78, 5) is 30.8. The lowest BCUT2D eigenvalue weighted by Crippen LogP contribution is -2.65. The number of alkyl halides is 2. The standard InChI is InChI=1S/C38H53BF2N4O5/c1-24(19-34(2,3)45-16-14-37(40,41)23-45)28(21-42)32(46)44-15-10-13-27(22-44)48-33(47)43-38(20-29(38)25-11-8-7-9-12-25)39-49-31-18-26-17-30(35(26,4)5)36(31,6)50-39/h7-9,11-12,24,26-31H,10,13-20,22-23H2,1-6H3,(H,43,47)/t24-,26-,27-,28?,29-,30-,31+,36-,38?/m0/s1. The molecule has 4 aliphatic carbocycles. The second kappa shape index (κ2) is 12.4. The number of nitriles is 1. The van der Waals surface area contributed by atoms with E-state index in [4.69, 9.17) is 14.0 Å². The average Bonchev–Trinajstić information content (AvgIpc) is 3.46. The molecule has 8 rings (SSSR count). The van der Waals surface area contributed by atoms with E-state index in [1.165, 1.54) is 0 Å². The van der Waals surface area contributed by atoms with Gasteiger partial charge < -0.3 is 24.3 Å². The minimum atomic E-state index is -2.72. The maximum absolute atomic E-state index is 14.0. The second-order valence-electron chi connectivity index (χ2n) is 17.7. The first-order valence-corrected chi connectivity index (χ1v) is 18.7. The summed E-state index contributed by atoms with van der Waals surface area (Å²) in [5.74, 6) is -3.29. The molecule has 2 amide bonds. The molecule has 1 aromatic carbocycles. The number of rotatable bonds is 9. The summed E-state index contributed by atoms with van der Waals surface area (Å²) in [7, 11) is -0.608. The first kappa shape index (κ1) is 35.6. The number of hydrogen-bond donors (Lipinski definition) is 1. The molecule has 0 radical (unpaired) electrons. The van der Waals surface area contributed by atoms with E-state index in [9.17, 15) is 23.6 Å². The van der Waals surface area contributed by atoms with Crippen LogP contribution in [0.15, 0.2) is 30.3 Å². The average molecular weight is 695 g/mol. The lowest BCUT2D eigenvalue weighted by atomic mass is 9.43. The number of alkyl carbamates (subject to hydrolysis) is 1. The summed E-state index contributed by atoms with van der Waals surface area (Å²) in [5.41, 5.74) is -0.476. The fourth-order valence-electron chi connectivity index (χ4n) is 10.4. The van der Waals surface area contributed by atoms with Crippen LogP contribution in [0.4, 0.5) is 13.6 Å². The van der Waals surface area contributed by atoms with Crippen LogP contribution < -0.4 is 5.32 Å². The summed E-state index contributed by atoms with van der Waals surface area (Å²) in [6.07, 6.45) is 3.12. The molecule has 272 valence electrons. The monoisotopic (exact) mass is 694 g/mol. The lowest BCUT2D eigenvalue weighted by Gasteiger charge is -2.64. The molecule has 50 heavy (non-hydrogen) atoms. The number of amides is 2. The Kier molecular flexibility index (Phi) is 8.87. The van der Waals surface area contributed by atoms with Gasteiger partial charge >= 0.3 is 13.2 Å². The Morgan fingerprint density at radius 2 is 1.92 bits per heavy atom. The highest BCUT2D eigenvalue weighted by Crippen LogP contribution is 2.67. The van der Waals surface area contributed by atoms with Crippen LogP contribution in [0, 0.1) is 40.4 Å². The number of benzene rings is 1. The number of ether oxygens (including phenoxy) is 1. The summed E-state index contributed by atoms with van der Waals surface area (Å²) < 4.78 is 47.5. The van der Waals surface area contributed by atoms with Crippen LogP contribution >= 0.6 is 0 Å². The molecule has 7 aliphatic rings. The van der Waals surface area contributed by atoms with E-state index >= 15 is 0 Å². The smallest absolute Gasteiger partial charge is 0.444 e. The molecule has 9 nitrogen and oxygen atoms in total. The van der Waals surface area contributed by atoms with Gasteiger partial charge in [0.25, 0.3) is 5.92 Å². The third-order valence-corrected chi connectivity index (χ3v) is 13.7. The SMILES string of the molecule is C[C@@H](CC(C)(C)N1CCC(F)(F)C1)C(C#N)C(=O)N1CCC[C@H](OC(=O)NC2(B3O[C@@H]4C[C@@H]5C[C@@H](C5(C)C)[C@]4(C)O3)C[C@H]2c2ccccc2)C1. The van der Waals surface area contributed by atoms with Crippen molar-refractivity contribution in [3.63, 3.8) is 0 Å². The predicted octanol–water partition coefficient (Wildman–Crippen LogP) is 6.18. The predicted molar refractivity (Wildman–Crippen MR) is 184 cm³/mol. The van der Waals surface area contributed by atoms with E-state index in [1.807, 2.05) is 39.0 Å². The molecule has 1 N–H and O–H groups in total. The van der Waals surface area contributed by atoms with Gasteiger partial charge in [-0.15, -0.1) is 0 Å². The molecular formula is C38H53BF2N4O5. The summed E-state index contributed by atoms with van der Waals surface area (Å²) in [6, 6.07) is 12.3. The van der Waals surface area contributed by atoms with Crippen LogP contribution in [0.3, 0.4) is 0 Å². The number of halogens is 2. The van der Waals surface area contributed by atoms with Gasteiger partial charge in [0, 0.05) is 31.0 Å². The zero-order valence-electron chi connectivity index (χ0n) is 30.4. The van der Waals surface area contributed by atoms with Crippen LogP contribution in [0.1, 0.15) is 98.0 Å². The molecule has 3 aliphatic heterocycles. The van der Waals surface area contributed by atoms with E-state index in [0.29, 0.717) is 44.1 Å².